The van der Waals surface area contributed by atoms with Gasteiger partial charge in [0.15, 0.2) is 5.82 Å². The fraction of sp³-hybridized carbons (Fsp3) is 0.222. The van der Waals surface area contributed by atoms with Crippen molar-refractivity contribution in [1.29, 1.82) is 0 Å². The Morgan fingerprint density at radius 3 is 2.73 bits per heavy atom. The van der Waals surface area contributed by atoms with Crippen LogP contribution in [0.25, 0.3) is 5.70 Å². The van der Waals surface area contributed by atoms with E-state index in [4.69, 9.17) is 21.9 Å². The Bertz CT molecular complexity index is 992. The number of nitrogens with zero attached hydrogens (tertiary/aromatic N) is 4. The molecule has 0 unspecified atom stereocenters. The van der Waals surface area contributed by atoms with E-state index in [1.165, 1.54) is 10.9 Å². The Labute approximate surface area is 155 Å². The lowest BCUT2D eigenvalue weighted by atomic mass is 10.1. The summed E-state index contributed by atoms with van der Waals surface area (Å²) in [5, 5.41) is 8.75. The molecule has 0 bridgehead atoms. The van der Waals surface area contributed by atoms with Gasteiger partial charge in [0, 0.05) is 28.3 Å². The van der Waals surface area contributed by atoms with Crippen molar-refractivity contribution in [3.05, 3.63) is 80.8 Å². The molecule has 3 rings (SSSR count). The molecule has 1 aromatic carbocycles. The maximum Gasteiger partial charge on any atom is 0.270 e. The van der Waals surface area contributed by atoms with E-state index in [0.717, 1.165) is 12.0 Å². The summed E-state index contributed by atoms with van der Waals surface area (Å²) in [4.78, 5) is 16.7. The smallest absolute Gasteiger partial charge is 0.270 e. The van der Waals surface area contributed by atoms with Crippen LogP contribution in [0.3, 0.4) is 0 Å². The third-order valence-corrected chi connectivity index (χ3v) is 4.23. The van der Waals surface area contributed by atoms with Crippen molar-refractivity contribution in [2.75, 3.05) is 0 Å². The fourth-order valence-electron chi connectivity index (χ4n) is 2.51. The largest absolute Gasteiger partial charge is 0.399 e. The van der Waals surface area contributed by atoms with Crippen LogP contribution >= 0.6 is 11.6 Å². The average Bonchev–Trinajstić information content (AvgIpc) is 3.06. The molecule has 0 aliphatic rings. The van der Waals surface area contributed by atoms with E-state index in [2.05, 4.69) is 21.8 Å². The molecule has 0 fully saturated rings. The highest BCUT2D eigenvalue weighted by atomic mass is 35.5. The van der Waals surface area contributed by atoms with Crippen LogP contribution in [0, 0.1) is 6.92 Å². The number of aromatic nitrogens is 4. The van der Waals surface area contributed by atoms with Crippen molar-refractivity contribution in [2.24, 2.45) is 5.73 Å². The maximum absolute atomic E-state index is 12.3. The average molecular weight is 372 g/mol. The van der Waals surface area contributed by atoms with E-state index in [1.54, 1.807) is 6.92 Å². The number of aryl methyl sites for hydroxylation is 2. The number of hydrogen-bond donors (Lipinski definition) is 1. The summed E-state index contributed by atoms with van der Waals surface area (Å²) in [5.74, 6) is 0.899. The first kappa shape index (κ1) is 17.9. The molecule has 3 aromatic rings. The maximum atomic E-state index is 12.3. The van der Waals surface area contributed by atoms with Gasteiger partial charge in [0.2, 0.25) is 5.89 Å². The van der Waals surface area contributed by atoms with Crippen molar-refractivity contribution in [2.45, 2.75) is 26.3 Å². The summed E-state index contributed by atoms with van der Waals surface area (Å²) in [6.45, 7) is 5.42. The van der Waals surface area contributed by atoms with Crippen LogP contribution in [0.15, 0.2) is 46.4 Å². The van der Waals surface area contributed by atoms with Gasteiger partial charge in [-0.25, -0.2) is 4.68 Å². The lowest BCUT2D eigenvalue weighted by Gasteiger charge is -2.06. The Morgan fingerprint density at radius 1 is 1.31 bits per heavy atom. The normalized spacial score (nSPS) is 10.8. The minimum Gasteiger partial charge on any atom is -0.399 e. The van der Waals surface area contributed by atoms with Gasteiger partial charge in [-0.3, -0.25) is 4.79 Å². The molecule has 0 aliphatic carbocycles. The predicted molar refractivity (Wildman–Crippen MR) is 98.7 cm³/mol. The third kappa shape index (κ3) is 4.00. The second kappa shape index (κ2) is 7.53. The first-order valence-electron chi connectivity index (χ1n) is 8.01. The van der Waals surface area contributed by atoms with Gasteiger partial charge in [-0.05, 0) is 31.0 Å². The molecule has 2 N–H and O–H groups in total. The number of halogens is 1. The summed E-state index contributed by atoms with van der Waals surface area (Å²) < 4.78 is 6.49. The topological polar surface area (TPSA) is 99.8 Å². The van der Waals surface area contributed by atoms with Gasteiger partial charge in [-0.15, -0.1) is 0 Å². The summed E-state index contributed by atoms with van der Waals surface area (Å²) in [6, 6.07) is 7.61. The molecule has 8 heteroatoms. The van der Waals surface area contributed by atoms with E-state index in [-0.39, 0.29) is 12.1 Å². The number of benzene rings is 1. The Hall–Kier alpha value is -2.93. The van der Waals surface area contributed by atoms with Crippen molar-refractivity contribution >= 4 is 17.3 Å². The van der Waals surface area contributed by atoms with Crippen LogP contribution in [0.4, 0.5) is 0 Å². The summed E-state index contributed by atoms with van der Waals surface area (Å²) in [7, 11) is 0. The zero-order chi connectivity index (χ0) is 18.7. The molecule has 0 amide bonds. The lowest BCUT2D eigenvalue weighted by molar-refractivity contribution is 0.358. The highest BCUT2D eigenvalue weighted by Gasteiger charge is 2.12. The van der Waals surface area contributed by atoms with E-state index in [9.17, 15) is 4.79 Å². The molecule has 7 nitrogen and oxygen atoms in total. The van der Waals surface area contributed by atoms with Crippen molar-refractivity contribution in [3.63, 3.8) is 0 Å². The van der Waals surface area contributed by atoms with Crippen LogP contribution < -0.4 is 11.3 Å². The number of nitrogens with two attached hydrogens (primary N) is 1. The third-order valence-electron chi connectivity index (χ3n) is 3.98. The summed E-state index contributed by atoms with van der Waals surface area (Å²) >= 11 is 5.87. The number of rotatable bonds is 6. The van der Waals surface area contributed by atoms with Gasteiger partial charge < -0.3 is 10.3 Å². The van der Waals surface area contributed by atoms with Crippen LogP contribution in [0.2, 0.25) is 5.02 Å². The van der Waals surface area contributed by atoms with Crippen LogP contribution in [-0.2, 0) is 19.4 Å². The van der Waals surface area contributed by atoms with Gasteiger partial charge in [-0.2, -0.15) is 10.1 Å². The molecule has 0 aliphatic heterocycles. The first-order valence-corrected chi connectivity index (χ1v) is 8.39. The quantitative estimate of drug-likeness (QED) is 0.713. The second-order valence-electron chi connectivity index (χ2n) is 5.90. The molecule has 134 valence electrons. The highest BCUT2D eigenvalue weighted by Crippen LogP contribution is 2.12. The molecule has 2 aromatic heterocycles. The second-order valence-corrected chi connectivity index (χ2v) is 6.34. The minimum absolute atomic E-state index is 0.102. The monoisotopic (exact) mass is 371 g/mol. The molecule has 0 saturated heterocycles. The van der Waals surface area contributed by atoms with E-state index < -0.39 is 0 Å². The highest BCUT2D eigenvalue weighted by molar-refractivity contribution is 6.30. The molecular formula is C18H18ClN5O2. The van der Waals surface area contributed by atoms with Crippen molar-refractivity contribution in [3.8, 4) is 0 Å². The Morgan fingerprint density at radius 2 is 2.04 bits per heavy atom. The molecule has 0 radical (unpaired) electrons. The van der Waals surface area contributed by atoms with E-state index in [0.29, 0.717) is 40.0 Å². The van der Waals surface area contributed by atoms with Crippen LogP contribution in [-0.4, -0.2) is 19.9 Å². The lowest BCUT2D eigenvalue weighted by Crippen LogP contribution is -2.27. The van der Waals surface area contributed by atoms with Crippen LogP contribution in [0.1, 0.15) is 28.4 Å². The predicted octanol–water partition coefficient (Wildman–Crippen LogP) is 2.35. The summed E-state index contributed by atoms with van der Waals surface area (Å²) in [5.41, 5.74) is 7.84. The molecule has 0 saturated carbocycles. The van der Waals surface area contributed by atoms with Gasteiger partial charge in [0.05, 0.1) is 6.20 Å². The molecule has 0 atom stereocenters. The molecule has 26 heavy (non-hydrogen) atoms. The molecule has 2 heterocycles. The first-order chi connectivity index (χ1) is 12.4. The SMILES string of the molecule is C=C(N)c1cnn(Cc2nc(CCc3ccc(Cl)cc3)no2)c(=O)c1C. The van der Waals surface area contributed by atoms with Crippen molar-refractivity contribution < 1.29 is 4.52 Å². The standard InChI is InChI=1S/C18H18ClN5O2/c1-11-15(12(2)20)9-21-24(18(11)25)10-17-22-16(23-26-17)8-5-13-3-6-14(19)7-4-13/h3-4,6-7,9H,2,5,8,10,20H2,1H3. The molecular weight excluding hydrogens is 354 g/mol. The van der Waals surface area contributed by atoms with Crippen LogP contribution in [0.5, 0.6) is 0 Å². The zero-order valence-corrected chi connectivity index (χ0v) is 15.0. The molecule has 0 spiro atoms. The summed E-state index contributed by atoms with van der Waals surface area (Å²) in [6.07, 6.45) is 2.90. The van der Waals surface area contributed by atoms with Gasteiger partial charge in [0.25, 0.3) is 5.56 Å². The number of hydrogen-bond acceptors (Lipinski definition) is 6. The van der Waals surface area contributed by atoms with E-state index >= 15 is 0 Å². The van der Waals surface area contributed by atoms with Gasteiger partial charge in [-0.1, -0.05) is 35.5 Å². The Kier molecular flexibility index (Phi) is 5.18. The zero-order valence-electron chi connectivity index (χ0n) is 14.3. The van der Waals surface area contributed by atoms with Gasteiger partial charge in [0.1, 0.15) is 6.54 Å². The Balaban J connectivity index is 1.69. The van der Waals surface area contributed by atoms with Crippen molar-refractivity contribution in [1.82, 2.24) is 19.9 Å². The minimum atomic E-state index is -0.269. The van der Waals surface area contributed by atoms with E-state index in [1.807, 2.05) is 24.3 Å². The fourth-order valence-corrected chi connectivity index (χ4v) is 2.64. The van der Waals surface area contributed by atoms with Gasteiger partial charge >= 0.3 is 0 Å².